The van der Waals surface area contributed by atoms with E-state index in [9.17, 15) is 0 Å². The highest BCUT2D eigenvalue weighted by Crippen LogP contribution is 2.47. The van der Waals surface area contributed by atoms with Gasteiger partial charge in [-0.25, -0.2) is 28.2 Å². The smallest absolute Gasteiger partial charge is 0.228 e. The Bertz CT molecular complexity index is 9600. The summed E-state index contributed by atoms with van der Waals surface area (Å²) in [5.41, 5.74) is 26.4. The fourth-order valence-electron chi connectivity index (χ4n) is 19.1. The van der Waals surface area contributed by atoms with Crippen molar-refractivity contribution in [3.63, 3.8) is 0 Å². The number of pyridine rings is 6. The highest BCUT2D eigenvalue weighted by molar-refractivity contribution is 6.18. The number of rotatable bonds is 8. The fraction of sp³-hybridized carbons (Fsp3) is 0.131. The lowest BCUT2D eigenvalue weighted by atomic mass is 9.94. The van der Waals surface area contributed by atoms with Crippen LogP contribution in [0.25, 0.3) is 221 Å². The Balaban J connectivity index is 0.000000117. The van der Waals surface area contributed by atoms with Gasteiger partial charge in [0.25, 0.3) is 0 Å². The molecule has 0 amide bonds. The van der Waals surface area contributed by atoms with Crippen LogP contribution in [-0.2, 0) is 28.2 Å². The summed E-state index contributed by atoms with van der Waals surface area (Å²) in [4.78, 5) is 9.42. The van der Waals surface area contributed by atoms with Gasteiger partial charge < -0.3 is 17.7 Å². The summed E-state index contributed by atoms with van der Waals surface area (Å²) in [6.07, 6.45) is 7.05. The van der Waals surface area contributed by atoms with E-state index in [0.717, 1.165) is 144 Å². The summed E-state index contributed by atoms with van der Waals surface area (Å²) >= 11 is 0. The second-order valence-electron chi connectivity index (χ2n) is 34.6. The number of aromatic nitrogens is 6. The van der Waals surface area contributed by atoms with Crippen LogP contribution in [0.15, 0.2) is 346 Å². The standard InChI is InChI=1S/C32H28NO.C31H26NO.C30H25N2O.C29H23N2O/c1-19-11-12-24-16-29-27(15-25(24)13-19)30-20(2)14-21(3)31(32(30)34-29)28-17-26(22(4)18-33(28)5)23-9-7-6-8-10-23;1-19-10-12-23-16-29-27(15-24(23)14-19)25-13-11-20(2)30(31(25)33-29)28-17-26(21(3)18-32(28)4)22-8-6-5-7-9-22;1-18-14-19(2)28(26-16-23(20(3)17-32(26)4)21-10-6-5-7-11-21)29-27(18)24-15-22-12-8-9-13-25(22)31-30(24)33-29;1-18-13-14-23-27-19(2)22-11-7-8-12-24(22)30-29(27)32-28(23)26(18)25-17-21(15-16-31(25)3)20-9-5-4-6-10-20/h6-18H,1-5H3;5-18H,1-4H3;5-17H,1-4H3;4-17H,1-3H3/q4*+1/i2D3,4D3;3D3;1D3,3D3;2D3. The first-order valence-corrected chi connectivity index (χ1v) is 43.9. The molecule has 10 aromatic heterocycles. The second kappa shape index (κ2) is 33.4. The van der Waals surface area contributed by atoms with Gasteiger partial charge in [0.2, 0.25) is 34.2 Å². The van der Waals surface area contributed by atoms with Gasteiger partial charge >= 0.3 is 0 Å². The zero-order valence-electron chi connectivity index (χ0n) is 92.5. The molecule has 0 bridgehead atoms. The fourth-order valence-corrected chi connectivity index (χ4v) is 19.1. The highest BCUT2D eigenvalue weighted by atomic mass is 16.3. The average molecular weight is 1730 g/mol. The Morgan fingerprint density at radius 1 is 0.250 bits per heavy atom. The van der Waals surface area contributed by atoms with Crippen molar-refractivity contribution in [1.29, 1.82) is 0 Å². The number of aryl methyl sites for hydroxylation is 16. The third kappa shape index (κ3) is 14.7. The van der Waals surface area contributed by atoms with E-state index in [2.05, 4.69) is 91.2 Å². The summed E-state index contributed by atoms with van der Waals surface area (Å²) in [5, 5.41) is 11.7. The zero-order chi connectivity index (χ0) is 106. The van der Waals surface area contributed by atoms with Gasteiger partial charge in [-0.15, -0.1) is 0 Å². The maximum Gasteiger partial charge on any atom is 0.228 e. The molecule has 10 heteroatoms. The number of para-hydroxylation sites is 2. The van der Waals surface area contributed by atoms with E-state index >= 15 is 0 Å². The summed E-state index contributed by atoms with van der Waals surface area (Å²) < 4.78 is 182. The summed E-state index contributed by atoms with van der Waals surface area (Å²) in [5.74, 6) is 0. The van der Waals surface area contributed by atoms with Gasteiger partial charge in [-0.1, -0.05) is 242 Å². The van der Waals surface area contributed by atoms with Crippen LogP contribution in [0.2, 0.25) is 0 Å². The zero-order valence-corrected chi connectivity index (χ0v) is 74.5. The molecule has 0 radical (unpaired) electrons. The van der Waals surface area contributed by atoms with E-state index in [4.69, 9.17) is 52.3 Å². The number of benzene rings is 14. The van der Waals surface area contributed by atoms with Crippen molar-refractivity contribution in [2.75, 3.05) is 0 Å². The van der Waals surface area contributed by atoms with Gasteiger partial charge in [-0.05, 0) is 230 Å². The minimum atomic E-state index is -2.38. The molecule has 24 aromatic rings. The molecule has 0 unspecified atom stereocenters. The monoisotopic (exact) mass is 1730 g/mol. The molecule has 10 nitrogen and oxygen atoms in total. The van der Waals surface area contributed by atoms with E-state index in [1.54, 1.807) is 46.9 Å². The summed E-state index contributed by atoms with van der Waals surface area (Å²) in [6, 6.07) is 98.1. The molecule has 0 saturated heterocycles. The van der Waals surface area contributed by atoms with Crippen molar-refractivity contribution in [1.82, 2.24) is 9.97 Å². The van der Waals surface area contributed by atoms with Crippen LogP contribution in [0.5, 0.6) is 0 Å². The maximum absolute atomic E-state index is 8.35. The molecule has 14 aromatic carbocycles. The maximum atomic E-state index is 8.35. The van der Waals surface area contributed by atoms with Crippen molar-refractivity contribution in [2.45, 2.75) is 82.7 Å². The minimum absolute atomic E-state index is 0.194. The van der Waals surface area contributed by atoms with Crippen LogP contribution in [0.4, 0.5) is 0 Å². The molecule has 640 valence electrons. The Labute approximate surface area is 793 Å². The third-order valence-electron chi connectivity index (χ3n) is 25.7. The number of hydrogen-bond acceptors (Lipinski definition) is 6. The number of nitrogens with zero attached hydrogens (tertiary/aromatic N) is 6. The molecule has 0 aliphatic rings. The van der Waals surface area contributed by atoms with Crippen LogP contribution >= 0.6 is 0 Å². The van der Waals surface area contributed by atoms with Crippen LogP contribution in [0.1, 0.15) is 91.4 Å². The summed E-state index contributed by atoms with van der Waals surface area (Å²) in [6.45, 7) is -1.98. The van der Waals surface area contributed by atoms with Gasteiger partial charge in [0.1, 0.15) is 50.5 Å². The largest absolute Gasteiger partial charge is 0.455 e. The molecule has 0 aliphatic carbocycles. The first-order valence-electron chi connectivity index (χ1n) is 52.9. The third-order valence-corrected chi connectivity index (χ3v) is 25.7. The van der Waals surface area contributed by atoms with Crippen LogP contribution in [0.3, 0.4) is 0 Å². The van der Waals surface area contributed by atoms with Crippen molar-refractivity contribution < 1.29 is 60.6 Å². The predicted octanol–water partition coefficient (Wildman–Crippen LogP) is 30.1. The Hall–Kier alpha value is -15.8. The van der Waals surface area contributed by atoms with Gasteiger partial charge in [-0.3, -0.25) is 0 Å². The molecule has 24 rings (SSSR count). The number of furan rings is 4. The first kappa shape index (κ1) is 64.9. The molecule has 0 spiro atoms. The van der Waals surface area contributed by atoms with E-state index in [1.807, 2.05) is 278 Å². The van der Waals surface area contributed by atoms with E-state index in [1.165, 1.54) is 10.9 Å². The molecule has 10 heterocycles. The van der Waals surface area contributed by atoms with Crippen molar-refractivity contribution in [3.8, 4) is 89.5 Å². The molecule has 132 heavy (non-hydrogen) atoms. The van der Waals surface area contributed by atoms with E-state index < -0.39 is 41.1 Å². The molecular weight excluding hydrogens is 1610 g/mol. The van der Waals surface area contributed by atoms with E-state index in [-0.39, 0.29) is 27.8 Å². The Morgan fingerprint density at radius 3 is 1.21 bits per heavy atom. The van der Waals surface area contributed by atoms with Gasteiger partial charge in [-0.2, -0.15) is 0 Å². The summed E-state index contributed by atoms with van der Waals surface area (Å²) in [7, 11) is 7.50. The average Bonchev–Trinajstić information content (AvgIpc) is 1.56. The van der Waals surface area contributed by atoms with Gasteiger partial charge in [0, 0.05) is 120 Å². The van der Waals surface area contributed by atoms with Gasteiger partial charge in [0.05, 0.1) is 38.7 Å². The predicted molar refractivity (Wildman–Crippen MR) is 546 cm³/mol. The lowest BCUT2D eigenvalue weighted by Gasteiger charge is -2.11. The lowest BCUT2D eigenvalue weighted by Crippen LogP contribution is -2.31. The van der Waals surface area contributed by atoms with Crippen LogP contribution in [0, 0.1) is 82.7 Å². The van der Waals surface area contributed by atoms with Crippen molar-refractivity contribution >= 4 is 131 Å². The normalized spacial score (nSPS) is 14.2. The topological polar surface area (TPSA) is 93.9 Å². The van der Waals surface area contributed by atoms with Gasteiger partial charge in [0.15, 0.2) is 36.0 Å². The molecular formula is C122H102N6O4+4. The Morgan fingerprint density at radius 2 is 0.674 bits per heavy atom. The molecule has 0 fully saturated rings. The van der Waals surface area contributed by atoms with Crippen LogP contribution < -0.4 is 18.3 Å². The highest BCUT2D eigenvalue weighted by Gasteiger charge is 2.30. The lowest BCUT2D eigenvalue weighted by molar-refractivity contribution is -0.660. The molecule has 0 aliphatic heterocycles. The quantitative estimate of drug-likeness (QED) is 0.141. The van der Waals surface area contributed by atoms with E-state index in [0.29, 0.717) is 105 Å². The van der Waals surface area contributed by atoms with Crippen molar-refractivity contribution in [2.24, 2.45) is 28.2 Å². The second-order valence-corrected chi connectivity index (χ2v) is 34.6. The Kier molecular flexibility index (Phi) is 16.4. The minimum Gasteiger partial charge on any atom is -0.455 e. The number of fused-ring (bicyclic) bond motifs is 16. The first-order chi connectivity index (χ1) is 71.3. The SMILES string of the molecule is [2H]C([2H])([2H])c1c2ccccc2nc2oc3c(-c4cc(-c5ccccc5)cc[n+]4C)c(C)ccc3c12.[2H]C([2H])([2H])c1c[n+](C)c(-c2c(C)cc(C([2H])([2H])[2H])c3c2oc2cc4ccc(C)cc4cc23)cc1-c1ccccc1.[2H]C([2H])([2H])c1c[n+](C)c(-c2c(C)cc(C([2H])([2H])[2H])c3c2oc2nc4ccccc4cc23)cc1-c1ccccc1.[2H]C([2H])([2H])c1c[n+](C)c(-c2c(C)ccc3c2oc2cc4ccc(C)cc4cc23)cc1-c1ccccc1. The molecule has 0 saturated carbocycles. The molecule has 0 atom stereocenters. The molecule has 0 N–H and O–H groups in total. The van der Waals surface area contributed by atoms with Crippen LogP contribution in [-0.4, -0.2) is 9.97 Å². The number of hydrogen-bond donors (Lipinski definition) is 0. The van der Waals surface area contributed by atoms with Crippen molar-refractivity contribution in [3.05, 3.63) is 395 Å².